The number of aliphatic hydroxyl groups is 1. The first kappa shape index (κ1) is 19.5. The van der Waals surface area contributed by atoms with E-state index in [1.54, 1.807) is 16.8 Å². The summed E-state index contributed by atoms with van der Waals surface area (Å²) >= 11 is 6.00. The van der Waals surface area contributed by atoms with E-state index < -0.39 is 6.10 Å². The number of nitrogens with zero attached hydrogens (tertiary/aromatic N) is 2. The number of rotatable bonds is 4. The average Bonchev–Trinajstić information content (AvgIpc) is 3.06. The van der Waals surface area contributed by atoms with Gasteiger partial charge in [-0.2, -0.15) is 0 Å². The van der Waals surface area contributed by atoms with E-state index in [2.05, 4.69) is 10.3 Å². The van der Waals surface area contributed by atoms with E-state index in [0.29, 0.717) is 24.7 Å². The number of benzene rings is 1. The number of carbonyl (C=O) groups excluding carboxylic acids is 2. The molecule has 2 aromatic rings. The number of aliphatic hydroxyl groups excluding tert-OH is 1. The molecule has 1 saturated heterocycles. The largest absolute Gasteiger partial charge is 0.384 e. The van der Waals surface area contributed by atoms with E-state index >= 15 is 0 Å². The molecule has 3 amide bonds. The van der Waals surface area contributed by atoms with Crippen molar-refractivity contribution in [3.05, 3.63) is 35.0 Å². The van der Waals surface area contributed by atoms with Crippen LogP contribution in [0.3, 0.4) is 0 Å². The normalized spacial score (nSPS) is 18.4. The van der Waals surface area contributed by atoms with Crippen LogP contribution >= 0.6 is 11.6 Å². The van der Waals surface area contributed by atoms with E-state index in [9.17, 15) is 14.7 Å². The summed E-state index contributed by atoms with van der Waals surface area (Å²) in [6, 6.07) is 7.31. The number of halogens is 1. The first-order valence-electron chi connectivity index (χ1n) is 9.10. The van der Waals surface area contributed by atoms with Gasteiger partial charge in [-0.05, 0) is 44.0 Å². The number of fused-ring (bicyclic) bond motifs is 1. The minimum Gasteiger partial charge on any atom is -0.384 e. The van der Waals surface area contributed by atoms with Crippen molar-refractivity contribution in [2.24, 2.45) is 0 Å². The molecule has 1 aliphatic rings. The van der Waals surface area contributed by atoms with Gasteiger partial charge in [-0.1, -0.05) is 11.6 Å². The molecule has 3 rings (SSSR count). The zero-order valence-corrected chi connectivity index (χ0v) is 16.3. The van der Waals surface area contributed by atoms with Crippen molar-refractivity contribution in [1.82, 2.24) is 20.1 Å². The Kier molecular flexibility index (Phi) is 5.92. The molecule has 0 saturated carbocycles. The van der Waals surface area contributed by atoms with E-state index in [4.69, 9.17) is 11.6 Å². The molecule has 1 fully saturated rings. The molecule has 8 heteroatoms. The van der Waals surface area contributed by atoms with Crippen LogP contribution in [0.25, 0.3) is 10.9 Å². The van der Waals surface area contributed by atoms with Gasteiger partial charge in [-0.25, -0.2) is 4.79 Å². The molecular weight excluding hydrogens is 368 g/mol. The van der Waals surface area contributed by atoms with Crippen LogP contribution in [-0.4, -0.2) is 64.1 Å². The van der Waals surface area contributed by atoms with Crippen LogP contribution in [0.15, 0.2) is 24.3 Å². The Bertz CT molecular complexity index is 835. The van der Waals surface area contributed by atoms with Crippen molar-refractivity contribution < 1.29 is 14.7 Å². The van der Waals surface area contributed by atoms with Crippen molar-refractivity contribution in [3.63, 3.8) is 0 Å². The Balaban J connectivity index is 1.57. The lowest BCUT2D eigenvalue weighted by Gasteiger charge is -2.38. The summed E-state index contributed by atoms with van der Waals surface area (Å²) in [6.07, 6.45) is 0.625. The average molecular weight is 393 g/mol. The first-order valence-corrected chi connectivity index (χ1v) is 9.47. The molecule has 1 aromatic carbocycles. The smallest absolute Gasteiger partial charge is 0.317 e. The second-order valence-corrected chi connectivity index (χ2v) is 7.49. The highest BCUT2D eigenvalue weighted by atomic mass is 35.5. The number of H-pyrrole nitrogens is 1. The summed E-state index contributed by atoms with van der Waals surface area (Å²) in [6.45, 7) is 2.90. The number of amides is 3. The van der Waals surface area contributed by atoms with Crippen LogP contribution in [0.2, 0.25) is 5.02 Å². The third-order valence-corrected chi connectivity index (χ3v) is 5.24. The fourth-order valence-corrected chi connectivity index (χ4v) is 3.64. The maximum atomic E-state index is 12.5. The van der Waals surface area contributed by atoms with E-state index in [0.717, 1.165) is 29.4 Å². The van der Waals surface area contributed by atoms with Gasteiger partial charge in [0.1, 0.15) is 6.10 Å². The van der Waals surface area contributed by atoms with E-state index in [1.807, 2.05) is 24.3 Å². The van der Waals surface area contributed by atoms with Crippen LogP contribution in [0, 0.1) is 0 Å². The van der Waals surface area contributed by atoms with Gasteiger partial charge in [-0.15, -0.1) is 0 Å². The molecule has 0 bridgehead atoms. The molecule has 0 aliphatic carbocycles. The lowest BCUT2D eigenvalue weighted by atomic mass is 10.0. The number of nitrogens with one attached hydrogen (secondary N) is 2. The highest BCUT2D eigenvalue weighted by Crippen LogP contribution is 2.20. The molecule has 3 N–H and O–H groups in total. The quantitative estimate of drug-likeness (QED) is 0.746. The molecule has 7 nitrogen and oxygen atoms in total. The zero-order chi connectivity index (χ0) is 19.6. The van der Waals surface area contributed by atoms with Crippen molar-refractivity contribution in [2.45, 2.75) is 38.5 Å². The predicted molar refractivity (Wildman–Crippen MR) is 105 cm³/mol. The highest BCUT2D eigenvalue weighted by Gasteiger charge is 2.29. The fourth-order valence-electron chi connectivity index (χ4n) is 3.46. The van der Waals surface area contributed by atoms with E-state index in [1.165, 1.54) is 6.92 Å². The summed E-state index contributed by atoms with van der Waals surface area (Å²) in [5.41, 5.74) is 1.86. The van der Waals surface area contributed by atoms with Gasteiger partial charge in [-0.3, -0.25) is 4.79 Å². The molecule has 27 heavy (non-hydrogen) atoms. The molecule has 0 spiro atoms. The lowest BCUT2D eigenvalue weighted by molar-refractivity contribution is -0.141. The minimum atomic E-state index is -1.02. The second-order valence-electron chi connectivity index (χ2n) is 7.05. The van der Waals surface area contributed by atoms with Gasteiger partial charge in [0.05, 0.1) is 12.6 Å². The lowest BCUT2D eigenvalue weighted by Crippen LogP contribution is -2.53. The number of hydrogen-bond donors (Lipinski definition) is 3. The molecule has 146 valence electrons. The maximum absolute atomic E-state index is 12.5. The number of carbonyl (C=O) groups is 2. The Morgan fingerprint density at radius 1 is 1.44 bits per heavy atom. The second kappa shape index (κ2) is 8.19. The van der Waals surface area contributed by atoms with Crippen molar-refractivity contribution in [2.75, 3.05) is 20.1 Å². The number of urea groups is 1. The third kappa shape index (κ3) is 4.54. The topological polar surface area (TPSA) is 88.7 Å². The molecular formula is C19H25ClN4O3. The van der Waals surface area contributed by atoms with Gasteiger partial charge < -0.3 is 25.2 Å². The Hall–Kier alpha value is -2.25. The zero-order valence-electron chi connectivity index (χ0n) is 15.5. The molecule has 1 aromatic heterocycles. The van der Waals surface area contributed by atoms with Crippen LogP contribution in [0.1, 0.15) is 25.5 Å². The van der Waals surface area contributed by atoms with Crippen molar-refractivity contribution >= 4 is 34.4 Å². The minimum absolute atomic E-state index is 0.0667. The fraction of sp³-hybridized carbons (Fsp3) is 0.474. The number of likely N-dealkylation sites (tertiary alicyclic amines) is 1. The number of piperidine rings is 1. The summed E-state index contributed by atoms with van der Waals surface area (Å²) in [7, 11) is 1.74. The summed E-state index contributed by atoms with van der Waals surface area (Å²) < 4.78 is 0. The van der Waals surface area contributed by atoms with Crippen LogP contribution < -0.4 is 5.32 Å². The van der Waals surface area contributed by atoms with E-state index in [-0.39, 0.29) is 18.0 Å². The standard InChI is InChI=1S/C19H25ClN4O3/c1-12(25)18(26)24-7-3-4-16(11-24)23(2)19(27)21-10-15-9-13-8-14(20)5-6-17(13)22-15/h5-6,8-9,12,16,22,25H,3-4,7,10-11H2,1-2H3,(H,21,27)/t12-,16-/m1/s1. The van der Waals surface area contributed by atoms with Gasteiger partial charge in [0.15, 0.2) is 0 Å². The Morgan fingerprint density at radius 2 is 2.22 bits per heavy atom. The van der Waals surface area contributed by atoms with Gasteiger partial charge in [0, 0.05) is 41.8 Å². The van der Waals surface area contributed by atoms with Gasteiger partial charge in [0.2, 0.25) is 0 Å². The number of likely N-dealkylation sites (N-methyl/N-ethyl adjacent to an activating group) is 1. The third-order valence-electron chi connectivity index (χ3n) is 5.00. The van der Waals surface area contributed by atoms with Crippen LogP contribution in [0.5, 0.6) is 0 Å². The van der Waals surface area contributed by atoms with Crippen LogP contribution in [0.4, 0.5) is 4.79 Å². The summed E-state index contributed by atoms with van der Waals surface area (Å²) in [5.74, 6) is -0.287. The van der Waals surface area contributed by atoms with Crippen molar-refractivity contribution in [3.8, 4) is 0 Å². The van der Waals surface area contributed by atoms with Crippen molar-refractivity contribution in [1.29, 1.82) is 0 Å². The number of aromatic nitrogens is 1. The number of hydrogen-bond acceptors (Lipinski definition) is 3. The monoisotopic (exact) mass is 392 g/mol. The SMILES string of the molecule is C[C@@H](O)C(=O)N1CCC[C@@H](N(C)C(=O)NCc2cc3cc(Cl)ccc3[nH]2)C1. The molecule has 1 aliphatic heterocycles. The Labute approximate surface area is 163 Å². The maximum Gasteiger partial charge on any atom is 0.317 e. The first-order chi connectivity index (χ1) is 12.8. The molecule has 0 unspecified atom stereocenters. The summed E-state index contributed by atoms with van der Waals surface area (Å²) in [4.78, 5) is 31.0. The van der Waals surface area contributed by atoms with Gasteiger partial charge >= 0.3 is 6.03 Å². The molecule has 2 heterocycles. The number of aromatic amines is 1. The predicted octanol–water partition coefficient (Wildman–Crippen LogP) is 2.33. The molecule has 2 atom stereocenters. The van der Waals surface area contributed by atoms with Gasteiger partial charge in [0.25, 0.3) is 5.91 Å². The summed E-state index contributed by atoms with van der Waals surface area (Å²) in [5, 5.41) is 14.1. The Morgan fingerprint density at radius 3 is 2.96 bits per heavy atom. The highest BCUT2D eigenvalue weighted by molar-refractivity contribution is 6.31. The molecule has 0 radical (unpaired) electrons. The van der Waals surface area contributed by atoms with Crippen LogP contribution in [-0.2, 0) is 11.3 Å².